The fraction of sp³-hybridized carbons (Fsp3) is 0.833. The zero-order valence-corrected chi connectivity index (χ0v) is 15.0. The standard InChI is InChI=1S/C18H28N4O3/c1-10(2)14(17-20-16(21-25-17)11-6-7-11)19-18(24)22-8-12-4-3-5-13(9-22)15(12)23/h10-15,23H,3-9H2,1-2H3,(H,19,24)/t12-,13+,14-,15?/m0/s1. The van der Waals surface area contributed by atoms with Crippen LogP contribution in [0, 0.1) is 17.8 Å². The number of aromatic nitrogens is 2. The Morgan fingerprint density at radius 2 is 1.92 bits per heavy atom. The van der Waals surface area contributed by atoms with Crippen molar-refractivity contribution in [3.63, 3.8) is 0 Å². The lowest BCUT2D eigenvalue weighted by atomic mass is 9.75. The number of aliphatic hydroxyl groups is 1. The van der Waals surface area contributed by atoms with E-state index in [2.05, 4.69) is 15.5 Å². The molecule has 4 atom stereocenters. The summed E-state index contributed by atoms with van der Waals surface area (Å²) >= 11 is 0. The molecule has 7 nitrogen and oxygen atoms in total. The molecular formula is C18H28N4O3. The predicted molar refractivity (Wildman–Crippen MR) is 90.8 cm³/mol. The van der Waals surface area contributed by atoms with E-state index in [4.69, 9.17) is 4.52 Å². The lowest BCUT2D eigenvalue weighted by Crippen LogP contribution is -2.56. The number of carbonyl (C=O) groups excluding carboxylic acids is 1. The molecule has 7 heteroatoms. The van der Waals surface area contributed by atoms with Crippen molar-refractivity contribution in [2.24, 2.45) is 17.8 Å². The summed E-state index contributed by atoms with van der Waals surface area (Å²) in [7, 11) is 0. The van der Waals surface area contributed by atoms with Crippen LogP contribution in [0.25, 0.3) is 0 Å². The summed E-state index contributed by atoms with van der Waals surface area (Å²) in [6.45, 7) is 5.35. The minimum Gasteiger partial charge on any atom is -0.392 e. The first kappa shape index (κ1) is 16.8. The number of urea groups is 1. The van der Waals surface area contributed by atoms with E-state index in [-0.39, 0.29) is 35.9 Å². The molecular weight excluding hydrogens is 320 g/mol. The van der Waals surface area contributed by atoms with Gasteiger partial charge in [-0.2, -0.15) is 4.98 Å². The molecule has 3 fully saturated rings. The summed E-state index contributed by atoms with van der Waals surface area (Å²) in [5.41, 5.74) is 0. The Bertz CT molecular complexity index is 614. The topological polar surface area (TPSA) is 91.5 Å². The van der Waals surface area contributed by atoms with Crippen molar-refractivity contribution >= 4 is 6.03 Å². The normalized spacial score (nSPS) is 30.4. The molecule has 0 aromatic carbocycles. The summed E-state index contributed by atoms with van der Waals surface area (Å²) in [4.78, 5) is 19.2. The minimum atomic E-state index is -0.279. The number of hydrogen-bond donors (Lipinski definition) is 2. The molecule has 1 aromatic rings. The van der Waals surface area contributed by atoms with Gasteiger partial charge < -0.3 is 19.8 Å². The van der Waals surface area contributed by atoms with E-state index < -0.39 is 0 Å². The van der Waals surface area contributed by atoms with Gasteiger partial charge in [0.15, 0.2) is 5.82 Å². The van der Waals surface area contributed by atoms with E-state index in [9.17, 15) is 9.90 Å². The molecule has 2 aliphatic carbocycles. The van der Waals surface area contributed by atoms with Crippen LogP contribution in [0.4, 0.5) is 4.79 Å². The van der Waals surface area contributed by atoms with Gasteiger partial charge in [-0.05, 0) is 31.6 Å². The number of hydrogen-bond acceptors (Lipinski definition) is 5. The highest BCUT2D eigenvalue weighted by Crippen LogP contribution is 2.39. The van der Waals surface area contributed by atoms with Gasteiger partial charge in [0, 0.05) is 30.8 Å². The van der Waals surface area contributed by atoms with Gasteiger partial charge in [0.05, 0.1) is 6.10 Å². The van der Waals surface area contributed by atoms with Crippen LogP contribution < -0.4 is 5.32 Å². The van der Waals surface area contributed by atoms with Crippen LogP contribution in [0.1, 0.15) is 69.6 Å². The maximum atomic E-state index is 12.8. The molecule has 3 aliphatic rings. The minimum absolute atomic E-state index is 0.0892. The van der Waals surface area contributed by atoms with Crippen LogP contribution in [0.3, 0.4) is 0 Å². The molecule has 1 aromatic heterocycles. The van der Waals surface area contributed by atoms with Gasteiger partial charge in [0.1, 0.15) is 6.04 Å². The number of aliphatic hydroxyl groups excluding tert-OH is 1. The summed E-state index contributed by atoms with van der Waals surface area (Å²) in [6, 6.07) is -0.368. The SMILES string of the molecule is CC(C)[C@H](NC(=O)N1C[C@H]2CCC[C@@H](C1)C2O)c1nc(C2CC2)no1. The third-order valence-corrected chi connectivity index (χ3v) is 5.92. The molecule has 2 N–H and O–H groups in total. The highest BCUT2D eigenvalue weighted by atomic mass is 16.5. The Hall–Kier alpha value is -1.63. The van der Waals surface area contributed by atoms with Gasteiger partial charge in [-0.15, -0.1) is 0 Å². The monoisotopic (exact) mass is 348 g/mol. The average molecular weight is 348 g/mol. The summed E-state index contributed by atoms with van der Waals surface area (Å²) in [5.74, 6) is 2.28. The van der Waals surface area contributed by atoms with Crippen LogP contribution >= 0.6 is 0 Å². The number of amides is 2. The van der Waals surface area contributed by atoms with E-state index in [1.54, 1.807) is 0 Å². The van der Waals surface area contributed by atoms with E-state index in [0.29, 0.717) is 24.9 Å². The van der Waals surface area contributed by atoms with Crippen molar-refractivity contribution in [3.8, 4) is 0 Å². The smallest absolute Gasteiger partial charge is 0.318 e. The summed E-state index contributed by atoms with van der Waals surface area (Å²) in [5, 5.41) is 17.5. The summed E-state index contributed by atoms with van der Waals surface area (Å²) < 4.78 is 5.43. The van der Waals surface area contributed by atoms with Crippen LogP contribution in [0.5, 0.6) is 0 Å². The number of piperidine rings is 1. The number of nitrogens with zero attached hydrogens (tertiary/aromatic N) is 3. The van der Waals surface area contributed by atoms with Gasteiger partial charge >= 0.3 is 6.03 Å². The Morgan fingerprint density at radius 3 is 2.52 bits per heavy atom. The molecule has 2 saturated carbocycles. The molecule has 2 bridgehead atoms. The van der Waals surface area contributed by atoms with Gasteiger partial charge in [-0.25, -0.2) is 4.79 Å². The van der Waals surface area contributed by atoms with Crippen LogP contribution in [-0.2, 0) is 0 Å². The van der Waals surface area contributed by atoms with Crippen LogP contribution in [0.15, 0.2) is 4.52 Å². The van der Waals surface area contributed by atoms with Crippen molar-refractivity contribution in [1.82, 2.24) is 20.4 Å². The number of carbonyl (C=O) groups is 1. The molecule has 0 radical (unpaired) electrons. The van der Waals surface area contributed by atoms with Crippen molar-refractivity contribution in [1.29, 1.82) is 0 Å². The molecule has 138 valence electrons. The second-order valence-corrected chi connectivity index (χ2v) is 8.28. The molecule has 4 rings (SSSR count). The Balaban J connectivity index is 1.43. The van der Waals surface area contributed by atoms with Crippen molar-refractivity contribution in [2.45, 2.75) is 64.0 Å². The average Bonchev–Trinajstić information content (AvgIpc) is 3.30. The molecule has 0 spiro atoms. The Morgan fingerprint density at radius 1 is 1.24 bits per heavy atom. The molecule has 1 unspecified atom stereocenters. The molecule has 2 amide bonds. The van der Waals surface area contributed by atoms with E-state index in [1.165, 1.54) is 0 Å². The lowest BCUT2D eigenvalue weighted by molar-refractivity contribution is -0.0372. The third kappa shape index (κ3) is 3.38. The van der Waals surface area contributed by atoms with Crippen molar-refractivity contribution < 1.29 is 14.4 Å². The highest BCUT2D eigenvalue weighted by molar-refractivity contribution is 5.74. The Kier molecular flexibility index (Phi) is 4.43. The van der Waals surface area contributed by atoms with E-state index >= 15 is 0 Å². The largest absolute Gasteiger partial charge is 0.392 e. The van der Waals surface area contributed by atoms with Crippen LogP contribution in [-0.4, -0.2) is 45.4 Å². The predicted octanol–water partition coefficient (Wildman–Crippen LogP) is 2.45. The van der Waals surface area contributed by atoms with Gasteiger partial charge in [0.2, 0.25) is 5.89 Å². The van der Waals surface area contributed by atoms with Crippen LogP contribution in [0.2, 0.25) is 0 Å². The van der Waals surface area contributed by atoms with Gasteiger partial charge in [0.25, 0.3) is 0 Å². The fourth-order valence-electron chi connectivity index (χ4n) is 4.19. The van der Waals surface area contributed by atoms with Crippen molar-refractivity contribution in [2.75, 3.05) is 13.1 Å². The van der Waals surface area contributed by atoms with Gasteiger partial charge in [-0.1, -0.05) is 25.4 Å². The first-order chi connectivity index (χ1) is 12.0. The molecule has 25 heavy (non-hydrogen) atoms. The quantitative estimate of drug-likeness (QED) is 0.872. The second kappa shape index (κ2) is 6.59. The van der Waals surface area contributed by atoms with Crippen molar-refractivity contribution in [3.05, 3.63) is 11.7 Å². The first-order valence-corrected chi connectivity index (χ1v) is 9.60. The maximum absolute atomic E-state index is 12.8. The second-order valence-electron chi connectivity index (χ2n) is 8.28. The summed E-state index contributed by atoms with van der Waals surface area (Å²) in [6.07, 6.45) is 5.15. The van der Waals surface area contributed by atoms with E-state index in [1.807, 2.05) is 18.7 Å². The number of fused-ring (bicyclic) bond motifs is 2. The first-order valence-electron chi connectivity index (χ1n) is 9.60. The number of nitrogens with one attached hydrogen (secondary N) is 1. The Labute approximate surface area is 148 Å². The molecule has 2 heterocycles. The molecule has 1 saturated heterocycles. The lowest BCUT2D eigenvalue weighted by Gasteiger charge is -2.45. The molecule has 1 aliphatic heterocycles. The maximum Gasteiger partial charge on any atom is 0.318 e. The number of likely N-dealkylation sites (tertiary alicyclic amines) is 1. The third-order valence-electron chi connectivity index (χ3n) is 5.92. The van der Waals surface area contributed by atoms with Gasteiger partial charge in [-0.3, -0.25) is 0 Å². The highest BCUT2D eigenvalue weighted by Gasteiger charge is 2.40. The fourth-order valence-corrected chi connectivity index (χ4v) is 4.19. The number of rotatable bonds is 4. The zero-order valence-electron chi connectivity index (χ0n) is 15.0. The van der Waals surface area contributed by atoms with E-state index in [0.717, 1.165) is 37.9 Å². The zero-order chi connectivity index (χ0) is 17.6.